The van der Waals surface area contributed by atoms with Gasteiger partial charge in [-0.05, 0) is 0 Å². The molecule has 0 radical (unpaired) electrons. The van der Waals surface area contributed by atoms with Crippen molar-refractivity contribution in [3.8, 4) is 0 Å². The quantitative estimate of drug-likeness (QED) is 0.344. The Kier molecular flexibility index (Phi) is 10.8. The fourth-order valence-corrected chi connectivity index (χ4v) is 0.441. The largest absolute Gasteiger partial charge is 1.00 e. The Hall–Kier alpha value is -0.100. The maximum atomic E-state index is 10.5. The van der Waals surface area contributed by atoms with Crippen molar-refractivity contribution in [2.75, 3.05) is 13.2 Å². The minimum absolute atomic E-state index is 0. The van der Waals surface area contributed by atoms with Gasteiger partial charge in [0.2, 0.25) is 0 Å². The van der Waals surface area contributed by atoms with Crippen molar-refractivity contribution in [2.45, 2.75) is 12.8 Å². The summed E-state index contributed by atoms with van der Waals surface area (Å²) in [4.78, 5) is 20.4. The molecule has 0 aliphatic carbocycles. The summed E-state index contributed by atoms with van der Waals surface area (Å²) in [7, 11) is 0. The number of aliphatic hydroxyl groups is 1. The Balaban J connectivity index is -0.000000500. The molecule has 0 aromatic rings. The Morgan fingerprint density at radius 3 is 2.33 bits per heavy atom. The van der Waals surface area contributed by atoms with Gasteiger partial charge in [-0.3, -0.25) is 9.59 Å². The third kappa shape index (κ3) is 9.90. The van der Waals surface area contributed by atoms with Crippen molar-refractivity contribution in [3.05, 3.63) is 0 Å². The standard InChI is InChI=1S/C6H10O5.Na.H/c7-3-4-11-6(10)2-1-5(8)9;;/h7H,1-4H2,(H,8,9);;/q;+1;-1. The van der Waals surface area contributed by atoms with E-state index >= 15 is 0 Å². The van der Waals surface area contributed by atoms with E-state index in [0.717, 1.165) is 0 Å². The molecule has 0 heterocycles. The molecular weight excluding hydrogens is 175 g/mol. The number of carboxylic acids is 1. The molecule has 0 aliphatic heterocycles. The average Bonchev–Trinajstić information content (AvgIpc) is 1.97. The fraction of sp³-hybridized carbons (Fsp3) is 0.667. The van der Waals surface area contributed by atoms with E-state index in [2.05, 4.69) is 4.74 Å². The first-order valence-electron chi connectivity index (χ1n) is 3.15. The molecule has 0 aromatic carbocycles. The number of carbonyl (C=O) groups is 2. The summed E-state index contributed by atoms with van der Waals surface area (Å²) in [6.45, 7) is -0.308. The van der Waals surface area contributed by atoms with Crippen LogP contribution in [0.3, 0.4) is 0 Å². The first kappa shape index (κ1) is 14.4. The van der Waals surface area contributed by atoms with Crippen LogP contribution in [0.5, 0.6) is 0 Å². The van der Waals surface area contributed by atoms with Crippen LogP contribution in [-0.4, -0.2) is 35.4 Å². The third-order valence-corrected chi connectivity index (χ3v) is 0.897. The number of hydrogen-bond donors (Lipinski definition) is 2. The minimum Gasteiger partial charge on any atom is -1.00 e. The number of esters is 1. The van der Waals surface area contributed by atoms with Crippen molar-refractivity contribution in [3.63, 3.8) is 0 Å². The monoisotopic (exact) mass is 186 g/mol. The molecule has 6 heteroatoms. The number of carbonyl (C=O) groups excluding carboxylic acids is 1. The van der Waals surface area contributed by atoms with E-state index < -0.39 is 11.9 Å². The molecule has 0 aromatic heterocycles. The Morgan fingerprint density at radius 2 is 1.92 bits per heavy atom. The molecule has 0 unspecified atom stereocenters. The predicted molar refractivity (Wildman–Crippen MR) is 36.0 cm³/mol. The van der Waals surface area contributed by atoms with Gasteiger partial charge in [-0.1, -0.05) is 0 Å². The number of hydrogen-bond acceptors (Lipinski definition) is 4. The van der Waals surface area contributed by atoms with Crippen LogP contribution in [0.25, 0.3) is 0 Å². The van der Waals surface area contributed by atoms with Gasteiger partial charge in [-0.15, -0.1) is 0 Å². The normalized spacial score (nSPS) is 8.42. The van der Waals surface area contributed by atoms with Crippen molar-refractivity contribution < 1.29 is 55.5 Å². The molecule has 66 valence electrons. The van der Waals surface area contributed by atoms with E-state index in [0.29, 0.717) is 0 Å². The van der Waals surface area contributed by atoms with Crippen LogP contribution < -0.4 is 29.6 Å². The van der Waals surface area contributed by atoms with Crippen molar-refractivity contribution >= 4 is 11.9 Å². The van der Waals surface area contributed by atoms with E-state index in [1.54, 1.807) is 0 Å². The zero-order valence-corrected chi connectivity index (χ0v) is 8.95. The number of aliphatic carboxylic acids is 1. The van der Waals surface area contributed by atoms with E-state index in [9.17, 15) is 9.59 Å². The van der Waals surface area contributed by atoms with Crippen LogP contribution in [-0.2, 0) is 14.3 Å². The Labute approximate surface area is 93.5 Å². The second kappa shape index (κ2) is 8.99. The van der Waals surface area contributed by atoms with Gasteiger partial charge in [0, 0.05) is 0 Å². The van der Waals surface area contributed by atoms with Gasteiger partial charge in [0.25, 0.3) is 0 Å². The van der Waals surface area contributed by atoms with Gasteiger partial charge in [0.15, 0.2) is 0 Å². The molecule has 0 saturated carbocycles. The van der Waals surface area contributed by atoms with Gasteiger partial charge < -0.3 is 16.4 Å². The van der Waals surface area contributed by atoms with Gasteiger partial charge >= 0.3 is 41.5 Å². The summed E-state index contributed by atoms with van der Waals surface area (Å²) in [5.74, 6) is -1.63. The Bertz CT molecular complexity index is 152. The Morgan fingerprint density at radius 1 is 1.33 bits per heavy atom. The molecule has 0 amide bonds. The van der Waals surface area contributed by atoms with Gasteiger partial charge in [-0.2, -0.15) is 0 Å². The third-order valence-electron chi connectivity index (χ3n) is 0.897. The second-order valence-electron chi connectivity index (χ2n) is 1.84. The van der Waals surface area contributed by atoms with E-state index in [-0.39, 0.29) is 57.0 Å². The second-order valence-corrected chi connectivity index (χ2v) is 1.84. The minimum atomic E-state index is -1.04. The van der Waals surface area contributed by atoms with Crippen LogP contribution in [0.2, 0.25) is 0 Å². The number of ether oxygens (including phenoxy) is 1. The van der Waals surface area contributed by atoms with Gasteiger partial charge in [-0.25, -0.2) is 0 Å². The summed E-state index contributed by atoms with van der Waals surface area (Å²) < 4.78 is 4.39. The van der Waals surface area contributed by atoms with E-state index in [1.807, 2.05) is 0 Å². The maximum absolute atomic E-state index is 10.5. The zero-order chi connectivity index (χ0) is 8.69. The van der Waals surface area contributed by atoms with Crippen molar-refractivity contribution in [2.24, 2.45) is 0 Å². The molecule has 12 heavy (non-hydrogen) atoms. The molecule has 0 spiro atoms. The van der Waals surface area contributed by atoms with Crippen LogP contribution >= 0.6 is 0 Å². The summed E-state index contributed by atoms with van der Waals surface area (Å²) in [6, 6.07) is 0. The first-order chi connectivity index (χ1) is 5.16. The first-order valence-corrected chi connectivity index (χ1v) is 3.15. The topological polar surface area (TPSA) is 83.8 Å². The van der Waals surface area contributed by atoms with Crippen LogP contribution in [0.15, 0.2) is 0 Å². The zero-order valence-electron chi connectivity index (χ0n) is 7.95. The SMILES string of the molecule is O=C(O)CCC(=O)OCCO.[H-].[Na+]. The molecule has 5 nitrogen and oxygen atoms in total. The van der Waals surface area contributed by atoms with E-state index in [1.165, 1.54) is 0 Å². The number of carboxylic acid groups (broad SMARTS) is 1. The van der Waals surface area contributed by atoms with Crippen LogP contribution in [0.4, 0.5) is 0 Å². The molecule has 0 atom stereocenters. The summed E-state index contributed by atoms with van der Waals surface area (Å²) in [6.07, 6.45) is -0.375. The molecule has 0 aliphatic rings. The molecule has 0 bridgehead atoms. The molecule has 0 fully saturated rings. The summed E-state index contributed by atoms with van der Waals surface area (Å²) >= 11 is 0. The predicted octanol–water partition coefficient (Wildman–Crippen LogP) is -3.50. The number of rotatable bonds is 5. The smallest absolute Gasteiger partial charge is 1.00 e. The number of aliphatic hydroxyl groups excluding tert-OH is 1. The van der Waals surface area contributed by atoms with Crippen LogP contribution in [0, 0.1) is 0 Å². The maximum Gasteiger partial charge on any atom is 1.00 e. The molecular formula is C6H11NaO5. The van der Waals surface area contributed by atoms with E-state index in [4.69, 9.17) is 10.2 Å². The molecule has 0 rings (SSSR count). The molecule has 0 saturated heterocycles. The van der Waals surface area contributed by atoms with Gasteiger partial charge in [0.1, 0.15) is 6.61 Å². The van der Waals surface area contributed by atoms with Crippen molar-refractivity contribution in [1.29, 1.82) is 0 Å². The summed E-state index contributed by atoms with van der Waals surface area (Å²) in [5, 5.41) is 16.3. The van der Waals surface area contributed by atoms with Crippen molar-refractivity contribution in [1.82, 2.24) is 0 Å². The van der Waals surface area contributed by atoms with Gasteiger partial charge in [0.05, 0.1) is 19.4 Å². The average molecular weight is 186 g/mol. The summed E-state index contributed by atoms with van der Waals surface area (Å²) in [5.41, 5.74) is 0. The fourth-order valence-electron chi connectivity index (χ4n) is 0.441. The molecule has 2 N–H and O–H groups in total. The van der Waals surface area contributed by atoms with Crippen LogP contribution in [0.1, 0.15) is 14.3 Å².